The molecule has 1 aromatic heterocycles. The Morgan fingerprint density at radius 1 is 1.09 bits per heavy atom. The molecule has 0 saturated carbocycles. The summed E-state index contributed by atoms with van der Waals surface area (Å²) < 4.78 is 0. The van der Waals surface area contributed by atoms with E-state index in [4.69, 9.17) is 11.6 Å². The fourth-order valence-corrected chi connectivity index (χ4v) is 3.07. The number of aromatic nitrogens is 1. The normalized spacial score (nSPS) is 10.5. The number of hydrogen-bond acceptors (Lipinski definition) is 3. The van der Waals surface area contributed by atoms with E-state index in [9.17, 15) is 4.79 Å². The van der Waals surface area contributed by atoms with Crippen LogP contribution < -0.4 is 5.32 Å². The minimum Gasteiger partial charge on any atom is -0.326 e. The predicted molar refractivity (Wildman–Crippen MR) is 96.9 cm³/mol. The highest BCUT2D eigenvalue weighted by Gasteiger charge is 2.07. The van der Waals surface area contributed by atoms with Crippen LogP contribution in [0.25, 0.3) is 21.8 Å². The highest BCUT2D eigenvalue weighted by Crippen LogP contribution is 2.30. The van der Waals surface area contributed by atoms with Gasteiger partial charge in [-0.15, -0.1) is 11.3 Å². The molecule has 0 fully saturated rings. The molecule has 1 N–H and O–H groups in total. The van der Waals surface area contributed by atoms with E-state index in [-0.39, 0.29) is 5.91 Å². The summed E-state index contributed by atoms with van der Waals surface area (Å²) in [7, 11) is 0. The molecule has 3 rings (SSSR count). The molecule has 0 bridgehead atoms. The van der Waals surface area contributed by atoms with Gasteiger partial charge in [-0.05, 0) is 24.3 Å². The number of nitrogens with zero attached hydrogens (tertiary/aromatic N) is 1. The second kappa shape index (κ2) is 6.94. The molecular weight excluding hydrogens is 328 g/mol. The van der Waals surface area contributed by atoms with Gasteiger partial charge in [-0.2, -0.15) is 0 Å². The minimum absolute atomic E-state index is 0.0106. The van der Waals surface area contributed by atoms with Crippen molar-refractivity contribution in [3.05, 3.63) is 58.9 Å². The van der Waals surface area contributed by atoms with Crippen molar-refractivity contribution in [2.24, 2.45) is 0 Å². The lowest BCUT2D eigenvalue weighted by Gasteiger charge is -2.04. The van der Waals surface area contributed by atoms with Crippen LogP contribution in [-0.2, 0) is 4.79 Å². The smallest absolute Gasteiger partial charge is 0.224 e. The van der Waals surface area contributed by atoms with Crippen LogP contribution in [0.3, 0.4) is 0 Å². The predicted octanol–water partition coefficient (Wildman–Crippen LogP) is 5.48. The van der Waals surface area contributed by atoms with Gasteiger partial charge in [-0.1, -0.05) is 42.8 Å². The summed E-state index contributed by atoms with van der Waals surface area (Å²) in [6.07, 6.45) is 0.471. The van der Waals surface area contributed by atoms with Crippen LogP contribution in [0.15, 0.2) is 53.9 Å². The first kappa shape index (κ1) is 15.7. The van der Waals surface area contributed by atoms with Gasteiger partial charge >= 0.3 is 0 Å². The lowest BCUT2D eigenvalue weighted by molar-refractivity contribution is -0.115. The van der Waals surface area contributed by atoms with E-state index in [1.807, 2.05) is 60.8 Å². The van der Waals surface area contributed by atoms with Crippen molar-refractivity contribution < 1.29 is 4.79 Å². The lowest BCUT2D eigenvalue weighted by Crippen LogP contribution is -2.08. The Morgan fingerprint density at radius 3 is 2.39 bits per heavy atom. The number of halogens is 1. The molecule has 5 heteroatoms. The van der Waals surface area contributed by atoms with E-state index in [1.165, 1.54) is 0 Å². The number of benzene rings is 2. The number of rotatable bonds is 4. The van der Waals surface area contributed by atoms with E-state index >= 15 is 0 Å². The van der Waals surface area contributed by atoms with Crippen LogP contribution in [-0.4, -0.2) is 10.9 Å². The lowest BCUT2D eigenvalue weighted by atomic mass is 10.1. The van der Waals surface area contributed by atoms with Crippen molar-refractivity contribution in [2.75, 3.05) is 5.32 Å². The first-order chi connectivity index (χ1) is 11.2. The molecule has 2 aromatic carbocycles. The van der Waals surface area contributed by atoms with Gasteiger partial charge in [0.2, 0.25) is 5.91 Å². The number of nitrogens with one attached hydrogen (secondary N) is 1. The Bertz CT molecular complexity index is 810. The molecule has 3 nitrogen and oxygen atoms in total. The van der Waals surface area contributed by atoms with E-state index in [1.54, 1.807) is 11.3 Å². The molecule has 1 amide bonds. The van der Waals surface area contributed by atoms with Gasteiger partial charge in [0.15, 0.2) is 0 Å². The number of amides is 1. The van der Waals surface area contributed by atoms with Crippen molar-refractivity contribution in [2.45, 2.75) is 13.3 Å². The fourth-order valence-electron chi connectivity index (χ4n) is 2.11. The van der Waals surface area contributed by atoms with E-state index in [0.717, 1.165) is 32.5 Å². The molecule has 0 radical (unpaired) electrons. The standard InChI is InChI=1S/C18H15ClN2OS/c1-2-17(22)20-15-9-5-12(6-10-15)16-11-23-18(21-16)13-3-7-14(19)8-4-13/h3-11H,2H2,1H3,(H,20,22). The Labute approximate surface area is 144 Å². The quantitative estimate of drug-likeness (QED) is 0.682. The number of hydrogen-bond donors (Lipinski definition) is 1. The van der Waals surface area contributed by atoms with Gasteiger partial charge < -0.3 is 5.32 Å². The molecule has 0 saturated heterocycles. The summed E-state index contributed by atoms with van der Waals surface area (Å²) in [5, 5.41) is 6.54. The second-order valence-corrected chi connectivity index (χ2v) is 6.32. The average molecular weight is 343 g/mol. The average Bonchev–Trinajstić information content (AvgIpc) is 3.06. The van der Waals surface area contributed by atoms with Crippen molar-refractivity contribution >= 4 is 34.5 Å². The first-order valence-electron chi connectivity index (χ1n) is 7.27. The third kappa shape index (κ3) is 3.78. The molecule has 3 aromatic rings. The van der Waals surface area contributed by atoms with Gasteiger partial charge in [-0.25, -0.2) is 4.98 Å². The van der Waals surface area contributed by atoms with E-state index < -0.39 is 0 Å². The Balaban J connectivity index is 1.80. The van der Waals surface area contributed by atoms with E-state index in [2.05, 4.69) is 10.3 Å². The molecule has 0 spiro atoms. The number of anilines is 1. The van der Waals surface area contributed by atoms with Crippen LogP contribution in [0.4, 0.5) is 5.69 Å². The zero-order valence-electron chi connectivity index (χ0n) is 12.5. The Morgan fingerprint density at radius 2 is 1.74 bits per heavy atom. The van der Waals surface area contributed by atoms with Crippen molar-refractivity contribution in [1.29, 1.82) is 0 Å². The Hall–Kier alpha value is -2.17. The minimum atomic E-state index is 0.0106. The molecule has 0 unspecified atom stereocenters. The molecule has 116 valence electrons. The molecular formula is C18H15ClN2OS. The molecule has 0 atom stereocenters. The summed E-state index contributed by atoms with van der Waals surface area (Å²) in [4.78, 5) is 16.1. The van der Waals surface area contributed by atoms with Crippen molar-refractivity contribution in [3.63, 3.8) is 0 Å². The maximum Gasteiger partial charge on any atom is 0.224 e. The first-order valence-corrected chi connectivity index (χ1v) is 8.53. The van der Waals surface area contributed by atoms with Gasteiger partial charge in [0, 0.05) is 33.6 Å². The largest absolute Gasteiger partial charge is 0.326 e. The van der Waals surface area contributed by atoms with Crippen LogP contribution >= 0.6 is 22.9 Å². The van der Waals surface area contributed by atoms with Crippen molar-refractivity contribution in [3.8, 4) is 21.8 Å². The zero-order valence-corrected chi connectivity index (χ0v) is 14.1. The van der Waals surface area contributed by atoms with Crippen molar-refractivity contribution in [1.82, 2.24) is 4.98 Å². The van der Waals surface area contributed by atoms with Gasteiger partial charge in [0.25, 0.3) is 0 Å². The number of carbonyl (C=O) groups excluding carboxylic acids is 1. The molecule has 1 heterocycles. The van der Waals surface area contributed by atoms with Crippen LogP contribution in [0.5, 0.6) is 0 Å². The van der Waals surface area contributed by atoms with Crippen LogP contribution in [0, 0.1) is 0 Å². The molecule has 0 aliphatic heterocycles. The van der Waals surface area contributed by atoms with Gasteiger partial charge in [0.1, 0.15) is 5.01 Å². The van der Waals surface area contributed by atoms with E-state index in [0.29, 0.717) is 6.42 Å². The SMILES string of the molecule is CCC(=O)Nc1ccc(-c2csc(-c3ccc(Cl)cc3)n2)cc1. The monoisotopic (exact) mass is 342 g/mol. The summed E-state index contributed by atoms with van der Waals surface area (Å²) in [5.74, 6) is 0.0106. The summed E-state index contributed by atoms with van der Waals surface area (Å²) in [6.45, 7) is 1.83. The zero-order chi connectivity index (χ0) is 16.2. The van der Waals surface area contributed by atoms with Crippen LogP contribution in [0.1, 0.15) is 13.3 Å². The second-order valence-electron chi connectivity index (χ2n) is 5.02. The third-order valence-corrected chi connectivity index (χ3v) is 4.52. The van der Waals surface area contributed by atoms with Crippen LogP contribution in [0.2, 0.25) is 5.02 Å². The summed E-state index contributed by atoms with van der Waals surface area (Å²) in [5.41, 5.74) is 3.80. The maximum atomic E-state index is 11.4. The van der Waals surface area contributed by atoms with Gasteiger partial charge in [0.05, 0.1) is 5.69 Å². The summed E-state index contributed by atoms with van der Waals surface area (Å²) in [6, 6.07) is 15.4. The topological polar surface area (TPSA) is 42.0 Å². The Kier molecular flexibility index (Phi) is 4.74. The summed E-state index contributed by atoms with van der Waals surface area (Å²) >= 11 is 7.51. The molecule has 23 heavy (non-hydrogen) atoms. The third-order valence-electron chi connectivity index (χ3n) is 3.38. The fraction of sp³-hybridized carbons (Fsp3) is 0.111. The maximum absolute atomic E-state index is 11.4. The molecule has 0 aliphatic carbocycles. The highest BCUT2D eigenvalue weighted by molar-refractivity contribution is 7.13. The molecule has 0 aliphatic rings. The highest BCUT2D eigenvalue weighted by atomic mass is 35.5. The number of carbonyl (C=O) groups is 1. The number of thiazole rings is 1. The van der Waals surface area contributed by atoms with Gasteiger partial charge in [-0.3, -0.25) is 4.79 Å².